The van der Waals surface area contributed by atoms with E-state index in [2.05, 4.69) is 10.5 Å². The van der Waals surface area contributed by atoms with Crippen molar-refractivity contribution in [1.29, 1.82) is 0 Å². The normalized spacial score (nSPS) is 20.2. The van der Waals surface area contributed by atoms with Crippen molar-refractivity contribution >= 4 is 29.7 Å². The lowest BCUT2D eigenvalue weighted by atomic mass is 9.88. The van der Waals surface area contributed by atoms with Crippen LogP contribution >= 0.6 is 11.8 Å². The van der Waals surface area contributed by atoms with E-state index in [1.165, 1.54) is 24.3 Å². The number of carbonyl (C=O) groups excluding carboxylic acids is 2. The van der Waals surface area contributed by atoms with E-state index >= 15 is 0 Å². The Morgan fingerprint density at radius 1 is 1.23 bits per heavy atom. The molecule has 2 heterocycles. The van der Waals surface area contributed by atoms with Crippen LogP contribution in [0.15, 0.2) is 34.3 Å². The number of nitrogens with one attached hydrogen (secondary N) is 1. The summed E-state index contributed by atoms with van der Waals surface area (Å²) in [6.45, 7) is 1.42. The Kier molecular flexibility index (Phi) is 6.05. The van der Waals surface area contributed by atoms with Crippen LogP contribution in [0.4, 0.5) is 18.0 Å². The van der Waals surface area contributed by atoms with E-state index in [1.54, 1.807) is 4.90 Å². The lowest BCUT2D eigenvalue weighted by molar-refractivity contribution is -0.0568. The molecule has 7 nitrogen and oxygen atoms in total. The number of hydrogen-bond donors (Lipinski definition) is 1. The Morgan fingerprint density at radius 3 is 2.52 bits per heavy atom. The van der Waals surface area contributed by atoms with Crippen LogP contribution in [-0.2, 0) is 9.57 Å². The Bertz CT molecular complexity index is 863. The predicted octanol–water partition coefficient (Wildman–Crippen LogP) is 4.14. The third-order valence-electron chi connectivity index (χ3n) is 5.55. The lowest BCUT2D eigenvalue weighted by Gasteiger charge is -2.37. The molecule has 0 atom stereocenters. The van der Waals surface area contributed by atoms with Crippen LogP contribution in [0, 0.1) is 5.92 Å². The fourth-order valence-corrected chi connectivity index (χ4v) is 4.14. The van der Waals surface area contributed by atoms with Crippen LogP contribution in [0.2, 0.25) is 0 Å². The SMILES string of the molecule is O=C(NCC1CC1)OC1=NOC2(CCN(C(=O)c3ccc(SC(F)(F)F)cc3)CC2)C1. The molecule has 1 aliphatic carbocycles. The van der Waals surface area contributed by atoms with E-state index in [0.29, 0.717) is 50.4 Å². The topological polar surface area (TPSA) is 80.2 Å². The Labute approximate surface area is 181 Å². The molecule has 11 heteroatoms. The number of ether oxygens (including phenoxy) is 1. The van der Waals surface area contributed by atoms with E-state index in [4.69, 9.17) is 9.57 Å². The van der Waals surface area contributed by atoms with Crippen molar-refractivity contribution < 1.29 is 32.3 Å². The fourth-order valence-electron chi connectivity index (χ4n) is 3.60. The van der Waals surface area contributed by atoms with Gasteiger partial charge in [0.2, 0.25) is 5.90 Å². The third-order valence-corrected chi connectivity index (χ3v) is 6.29. The van der Waals surface area contributed by atoms with Gasteiger partial charge in [-0.3, -0.25) is 4.79 Å². The summed E-state index contributed by atoms with van der Waals surface area (Å²) in [6, 6.07) is 5.40. The molecule has 168 valence electrons. The van der Waals surface area contributed by atoms with Crippen LogP contribution < -0.4 is 5.32 Å². The minimum atomic E-state index is -4.36. The molecule has 1 aromatic rings. The van der Waals surface area contributed by atoms with Gasteiger partial charge < -0.3 is 19.8 Å². The van der Waals surface area contributed by atoms with Crippen molar-refractivity contribution in [2.24, 2.45) is 11.1 Å². The highest BCUT2D eigenvalue weighted by atomic mass is 32.2. The molecule has 3 aliphatic rings. The zero-order valence-electron chi connectivity index (χ0n) is 16.6. The molecule has 2 aliphatic heterocycles. The number of likely N-dealkylation sites (tertiary alicyclic amines) is 1. The molecule has 31 heavy (non-hydrogen) atoms. The monoisotopic (exact) mass is 457 g/mol. The molecule has 4 rings (SSSR count). The minimum absolute atomic E-state index is 0.0341. The maximum Gasteiger partial charge on any atom is 0.446 e. The number of rotatable bonds is 4. The average molecular weight is 457 g/mol. The second kappa shape index (κ2) is 8.60. The summed E-state index contributed by atoms with van der Waals surface area (Å²) in [7, 11) is 0. The van der Waals surface area contributed by atoms with E-state index in [9.17, 15) is 22.8 Å². The average Bonchev–Trinajstić information content (AvgIpc) is 3.48. The van der Waals surface area contributed by atoms with Crippen LogP contribution in [-0.4, -0.2) is 53.5 Å². The number of carbonyl (C=O) groups is 2. The second-order valence-electron chi connectivity index (χ2n) is 8.01. The number of benzene rings is 1. The molecule has 2 fully saturated rings. The number of piperidine rings is 1. The maximum atomic E-state index is 12.7. The largest absolute Gasteiger partial charge is 0.446 e. The van der Waals surface area contributed by atoms with E-state index in [1.807, 2.05) is 0 Å². The van der Waals surface area contributed by atoms with Gasteiger partial charge in [-0.1, -0.05) is 5.16 Å². The third kappa shape index (κ3) is 5.84. The molecule has 1 saturated carbocycles. The summed E-state index contributed by atoms with van der Waals surface area (Å²) in [6.07, 6.45) is 3.10. The Morgan fingerprint density at radius 2 is 1.90 bits per heavy atom. The number of alkyl carbamates (subject to hydrolysis) is 1. The summed E-state index contributed by atoms with van der Waals surface area (Å²) in [5, 5.41) is 6.60. The van der Waals surface area contributed by atoms with Gasteiger partial charge in [-0.05, 0) is 54.8 Å². The number of hydrogen-bond acceptors (Lipinski definition) is 6. The Hall–Kier alpha value is -2.43. The number of amides is 2. The van der Waals surface area contributed by atoms with Crippen molar-refractivity contribution in [2.75, 3.05) is 19.6 Å². The number of halogens is 3. The molecular formula is C20H22F3N3O4S. The van der Waals surface area contributed by atoms with Gasteiger partial charge in [-0.15, -0.1) is 0 Å². The van der Waals surface area contributed by atoms with Gasteiger partial charge in [0, 0.05) is 42.9 Å². The minimum Gasteiger partial charge on any atom is -0.392 e. The standard InChI is InChI=1S/C20H22F3N3O4S/c21-20(22,23)31-15-5-3-14(4-6-15)17(27)26-9-7-19(8-10-26)11-16(25-30-19)29-18(28)24-12-13-1-2-13/h3-6,13H,1-2,7-12H2,(H,24,28). The summed E-state index contributed by atoms with van der Waals surface area (Å²) >= 11 is -0.213. The molecule has 0 radical (unpaired) electrons. The van der Waals surface area contributed by atoms with Gasteiger partial charge in [0.05, 0.1) is 6.42 Å². The first-order chi connectivity index (χ1) is 14.7. The molecule has 1 aromatic carbocycles. The van der Waals surface area contributed by atoms with Crippen LogP contribution in [0.3, 0.4) is 0 Å². The first-order valence-corrected chi connectivity index (χ1v) is 10.9. The van der Waals surface area contributed by atoms with Crippen LogP contribution in [0.25, 0.3) is 0 Å². The number of thioether (sulfide) groups is 1. The lowest BCUT2D eigenvalue weighted by Crippen LogP contribution is -2.47. The molecule has 2 amide bonds. The van der Waals surface area contributed by atoms with Gasteiger partial charge >= 0.3 is 11.6 Å². The van der Waals surface area contributed by atoms with Gasteiger partial charge in [0.15, 0.2) is 0 Å². The van der Waals surface area contributed by atoms with Gasteiger partial charge in [0.1, 0.15) is 5.60 Å². The molecule has 1 N–H and O–H groups in total. The van der Waals surface area contributed by atoms with E-state index in [0.717, 1.165) is 12.8 Å². The highest BCUT2D eigenvalue weighted by molar-refractivity contribution is 8.00. The van der Waals surface area contributed by atoms with Crippen molar-refractivity contribution in [2.45, 2.75) is 48.1 Å². The van der Waals surface area contributed by atoms with E-state index in [-0.39, 0.29) is 28.5 Å². The second-order valence-corrected chi connectivity index (χ2v) is 9.15. The Balaban J connectivity index is 1.25. The molecular weight excluding hydrogens is 435 g/mol. The fraction of sp³-hybridized carbons (Fsp3) is 0.550. The van der Waals surface area contributed by atoms with Crippen molar-refractivity contribution in [3.8, 4) is 0 Å². The van der Waals surface area contributed by atoms with Crippen molar-refractivity contribution in [3.05, 3.63) is 29.8 Å². The smallest absolute Gasteiger partial charge is 0.392 e. The van der Waals surface area contributed by atoms with Gasteiger partial charge in [0.25, 0.3) is 5.91 Å². The maximum absolute atomic E-state index is 12.7. The number of oxime groups is 1. The van der Waals surface area contributed by atoms with Crippen LogP contribution in [0.5, 0.6) is 0 Å². The predicted molar refractivity (Wildman–Crippen MR) is 107 cm³/mol. The van der Waals surface area contributed by atoms with Crippen LogP contribution in [0.1, 0.15) is 42.5 Å². The molecule has 1 spiro atoms. The summed E-state index contributed by atoms with van der Waals surface area (Å²) in [4.78, 5) is 31.7. The van der Waals surface area contributed by atoms with Crippen molar-refractivity contribution in [3.63, 3.8) is 0 Å². The quantitative estimate of drug-likeness (QED) is 0.688. The van der Waals surface area contributed by atoms with Gasteiger partial charge in [-0.25, -0.2) is 4.79 Å². The highest BCUT2D eigenvalue weighted by Crippen LogP contribution is 2.37. The van der Waals surface area contributed by atoms with Gasteiger partial charge in [-0.2, -0.15) is 13.2 Å². The molecule has 0 bridgehead atoms. The zero-order valence-corrected chi connectivity index (χ0v) is 17.4. The zero-order chi connectivity index (χ0) is 22.1. The summed E-state index contributed by atoms with van der Waals surface area (Å²) in [5.74, 6) is 0.529. The molecule has 0 unspecified atom stereocenters. The number of alkyl halides is 3. The number of nitrogens with zero attached hydrogens (tertiary/aromatic N) is 2. The van der Waals surface area contributed by atoms with E-state index < -0.39 is 17.2 Å². The summed E-state index contributed by atoms with van der Waals surface area (Å²) < 4.78 is 42.5. The first-order valence-electron chi connectivity index (χ1n) is 10.1. The highest BCUT2D eigenvalue weighted by Gasteiger charge is 2.44. The molecule has 0 aromatic heterocycles. The summed E-state index contributed by atoms with van der Waals surface area (Å²) in [5.41, 5.74) is -4.63. The van der Waals surface area contributed by atoms with Crippen molar-refractivity contribution in [1.82, 2.24) is 10.2 Å². The first kappa shape index (κ1) is 21.8. The molecule has 1 saturated heterocycles.